The van der Waals surface area contributed by atoms with E-state index >= 15 is 0 Å². The second kappa shape index (κ2) is 9.45. The molecule has 0 radical (unpaired) electrons. The summed E-state index contributed by atoms with van der Waals surface area (Å²) in [5.41, 5.74) is 0.859. The van der Waals surface area contributed by atoms with Gasteiger partial charge >= 0.3 is 0 Å². The summed E-state index contributed by atoms with van der Waals surface area (Å²) in [6, 6.07) is 8.29. The summed E-state index contributed by atoms with van der Waals surface area (Å²) in [6.07, 6.45) is 5.53. The molecule has 2 N–H and O–H groups in total. The third-order valence-corrected chi connectivity index (χ3v) is 3.96. The molecule has 2 aromatic rings. The Morgan fingerprint density at radius 3 is 2.79 bits per heavy atom. The Hall–Kier alpha value is -1.84. The minimum Gasteiger partial charge on any atom is -0.364 e. The Morgan fingerprint density at radius 1 is 1.33 bits per heavy atom. The van der Waals surface area contributed by atoms with Crippen molar-refractivity contribution in [3.63, 3.8) is 0 Å². The zero-order valence-electron chi connectivity index (χ0n) is 13.7. The van der Waals surface area contributed by atoms with Crippen LogP contribution in [0.2, 0.25) is 0 Å². The summed E-state index contributed by atoms with van der Waals surface area (Å²) in [7, 11) is 1.78. The predicted molar refractivity (Wildman–Crippen MR) is 105 cm³/mol. The van der Waals surface area contributed by atoms with Crippen molar-refractivity contribution in [1.82, 2.24) is 20.8 Å². The van der Waals surface area contributed by atoms with Crippen LogP contribution in [0.1, 0.15) is 18.5 Å². The predicted octanol–water partition coefficient (Wildman–Crippen LogP) is 2.02. The van der Waals surface area contributed by atoms with E-state index in [1.165, 1.54) is 0 Å². The van der Waals surface area contributed by atoms with Crippen LogP contribution in [0.5, 0.6) is 0 Å². The number of nitrogens with zero attached hydrogens (tertiary/aromatic N) is 4. The number of anilines is 1. The number of pyridine rings is 1. The van der Waals surface area contributed by atoms with Crippen LogP contribution >= 0.6 is 24.0 Å². The number of hydrogen-bond donors (Lipinski definition) is 2. The molecule has 0 aliphatic carbocycles. The van der Waals surface area contributed by atoms with E-state index in [2.05, 4.69) is 36.7 Å². The number of halogens is 1. The molecule has 2 aromatic heterocycles. The number of nitrogens with one attached hydrogen (secondary N) is 2. The number of rotatable bonds is 4. The summed E-state index contributed by atoms with van der Waals surface area (Å²) in [5.74, 6) is 1.85. The van der Waals surface area contributed by atoms with Crippen LogP contribution in [0.25, 0.3) is 0 Å². The Bertz CT molecular complexity index is 611. The van der Waals surface area contributed by atoms with Gasteiger partial charge in [0, 0.05) is 38.4 Å². The molecule has 0 atom stereocenters. The monoisotopic (exact) mass is 442 g/mol. The van der Waals surface area contributed by atoms with Gasteiger partial charge in [-0.1, -0.05) is 11.2 Å². The first-order valence-corrected chi connectivity index (χ1v) is 7.87. The van der Waals surface area contributed by atoms with Crippen LogP contribution in [-0.2, 0) is 6.54 Å². The van der Waals surface area contributed by atoms with Crippen molar-refractivity contribution in [3.8, 4) is 0 Å². The van der Waals surface area contributed by atoms with Gasteiger partial charge in [0.25, 0.3) is 0 Å². The molecule has 3 rings (SSSR count). The lowest BCUT2D eigenvalue weighted by Crippen LogP contribution is -2.48. The van der Waals surface area contributed by atoms with Gasteiger partial charge < -0.3 is 20.1 Å². The average Bonchev–Trinajstić information content (AvgIpc) is 3.13. The maximum absolute atomic E-state index is 4.82. The van der Waals surface area contributed by atoms with Crippen LogP contribution in [0.3, 0.4) is 0 Å². The lowest BCUT2D eigenvalue weighted by molar-refractivity contribution is 0.410. The second-order valence-electron chi connectivity index (χ2n) is 5.51. The highest BCUT2D eigenvalue weighted by atomic mass is 127. The van der Waals surface area contributed by atoms with Gasteiger partial charge in [-0.15, -0.1) is 24.0 Å². The molecule has 0 spiro atoms. The number of piperidine rings is 1. The third kappa shape index (κ3) is 5.08. The van der Waals surface area contributed by atoms with E-state index in [0.29, 0.717) is 12.6 Å². The molecule has 0 unspecified atom stereocenters. The van der Waals surface area contributed by atoms with E-state index in [4.69, 9.17) is 4.52 Å². The zero-order chi connectivity index (χ0) is 15.9. The minimum absolute atomic E-state index is 0. The summed E-state index contributed by atoms with van der Waals surface area (Å²) in [5, 5.41) is 10.6. The van der Waals surface area contributed by atoms with Gasteiger partial charge in [-0.3, -0.25) is 4.99 Å². The molecule has 24 heavy (non-hydrogen) atoms. The molecule has 7 nitrogen and oxygen atoms in total. The molecule has 130 valence electrons. The maximum Gasteiger partial charge on any atom is 0.191 e. The van der Waals surface area contributed by atoms with Gasteiger partial charge in [0.15, 0.2) is 5.96 Å². The van der Waals surface area contributed by atoms with E-state index in [1.807, 2.05) is 24.4 Å². The summed E-state index contributed by atoms with van der Waals surface area (Å²) >= 11 is 0. The number of aromatic nitrogens is 2. The number of aliphatic imine (C=N–C) groups is 1. The Labute approximate surface area is 158 Å². The van der Waals surface area contributed by atoms with E-state index in [9.17, 15) is 0 Å². The standard InChI is InChI=1S/C16H22N6O.HI/c1-17-16(19-12-14-7-11-23-21-14)20-13-5-9-22(10-6-13)15-4-2-3-8-18-15;/h2-4,7-8,11,13H,5-6,9-10,12H2,1H3,(H2,17,19,20);1H. The summed E-state index contributed by atoms with van der Waals surface area (Å²) in [4.78, 5) is 11.0. The molecule has 1 aliphatic rings. The molecule has 1 fully saturated rings. The second-order valence-corrected chi connectivity index (χ2v) is 5.51. The van der Waals surface area contributed by atoms with Crippen molar-refractivity contribution >= 4 is 35.8 Å². The van der Waals surface area contributed by atoms with E-state index in [0.717, 1.165) is 43.4 Å². The molecule has 0 bridgehead atoms. The highest BCUT2D eigenvalue weighted by Crippen LogP contribution is 2.17. The maximum atomic E-state index is 4.82. The van der Waals surface area contributed by atoms with E-state index < -0.39 is 0 Å². The van der Waals surface area contributed by atoms with Crippen molar-refractivity contribution < 1.29 is 4.52 Å². The van der Waals surface area contributed by atoms with Gasteiger partial charge in [-0.05, 0) is 25.0 Å². The third-order valence-electron chi connectivity index (χ3n) is 3.96. The van der Waals surface area contributed by atoms with Crippen LogP contribution < -0.4 is 15.5 Å². The molecule has 0 aromatic carbocycles. The minimum atomic E-state index is 0. The molecule has 8 heteroatoms. The normalized spacial score (nSPS) is 15.7. The summed E-state index contributed by atoms with van der Waals surface area (Å²) < 4.78 is 4.82. The molecule has 1 saturated heterocycles. The van der Waals surface area contributed by atoms with Gasteiger partial charge in [0.1, 0.15) is 17.8 Å². The lowest BCUT2D eigenvalue weighted by Gasteiger charge is -2.33. The fourth-order valence-electron chi connectivity index (χ4n) is 2.68. The first-order chi connectivity index (χ1) is 11.3. The van der Waals surface area contributed by atoms with Gasteiger partial charge in [-0.25, -0.2) is 4.98 Å². The SMILES string of the molecule is CN=C(NCc1ccon1)NC1CCN(c2ccccn2)CC1.I. The first kappa shape index (κ1) is 18.5. The fourth-order valence-corrected chi connectivity index (χ4v) is 2.68. The van der Waals surface area contributed by atoms with Crippen molar-refractivity contribution in [1.29, 1.82) is 0 Å². The summed E-state index contributed by atoms with van der Waals surface area (Å²) in [6.45, 7) is 2.59. The molecular weight excluding hydrogens is 419 g/mol. The molecule has 3 heterocycles. The lowest BCUT2D eigenvalue weighted by atomic mass is 10.1. The largest absolute Gasteiger partial charge is 0.364 e. The van der Waals surface area contributed by atoms with Gasteiger partial charge in [0.05, 0.1) is 6.54 Å². The van der Waals surface area contributed by atoms with Crippen molar-refractivity contribution in [3.05, 3.63) is 42.4 Å². The molecule has 0 saturated carbocycles. The Balaban J connectivity index is 0.00000208. The van der Waals surface area contributed by atoms with Crippen molar-refractivity contribution in [2.24, 2.45) is 4.99 Å². The molecule has 0 amide bonds. The van der Waals surface area contributed by atoms with Gasteiger partial charge in [-0.2, -0.15) is 0 Å². The average molecular weight is 442 g/mol. The Morgan fingerprint density at radius 2 is 2.17 bits per heavy atom. The quantitative estimate of drug-likeness (QED) is 0.429. The van der Waals surface area contributed by atoms with Crippen molar-refractivity contribution in [2.75, 3.05) is 25.0 Å². The van der Waals surface area contributed by atoms with Crippen LogP contribution in [0, 0.1) is 0 Å². The van der Waals surface area contributed by atoms with E-state index in [-0.39, 0.29) is 24.0 Å². The van der Waals surface area contributed by atoms with Gasteiger partial charge in [0.2, 0.25) is 0 Å². The highest BCUT2D eigenvalue weighted by Gasteiger charge is 2.20. The van der Waals surface area contributed by atoms with E-state index in [1.54, 1.807) is 13.3 Å². The zero-order valence-corrected chi connectivity index (χ0v) is 16.0. The van der Waals surface area contributed by atoms with Crippen LogP contribution in [-0.4, -0.2) is 42.3 Å². The fraction of sp³-hybridized carbons (Fsp3) is 0.438. The molecular formula is C16H23IN6O. The smallest absolute Gasteiger partial charge is 0.191 e. The van der Waals surface area contributed by atoms with Crippen molar-refractivity contribution in [2.45, 2.75) is 25.4 Å². The number of guanidine groups is 1. The Kier molecular flexibility index (Phi) is 7.29. The topological polar surface area (TPSA) is 78.6 Å². The first-order valence-electron chi connectivity index (χ1n) is 7.87. The number of hydrogen-bond acceptors (Lipinski definition) is 5. The van der Waals surface area contributed by atoms with Crippen LogP contribution in [0.4, 0.5) is 5.82 Å². The van der Waals surface area contributed by atoms with Crippen LogP contribution in [0.15, 0.2) is 46.2 Å². The highest BCUT2D eigenvalue weighted by molar-refractivity contribution is 14.0. The molecule has 1 aliphatic heterocycles.